The van der Waals surface area contributed by atoms with Crippen LogP contribution in [0.15, 0.2) is 4.99 Å². The molecule has 0 N–H and O–H groups in total. The van der Waals surface area contributed by atoms with Crippen LogP contribution in [-0.2, 0) is 0 Å². The summed E-state index contributed by atoms with van der Waals surface area (Å²) in [5.74, 6) is 0.467. The molecule has 5 heteroatoms. The molecule has 1 rings (SSSR count). The Balaban J connectivity index is 2.61. The first-order chi connectivity index (χ1) is 4.11. The zero-order valence-electron chi connectivity index (χ0n) is 4.40. The lowest BCUT2D eigenvalue weighted by Crippen LogP contribution is -2.17. The maximum Gasteiger partial charge on any atom is 0.439 e. The van der Waals surface area contributed by atoms with Crippen molar-refractivity contribution < 1.29 is 13.2 Å². The molecular weight excluding hydrogens is 151 g/mol. The smallest absolute Gasteiger partial charge is 0.273 e. The first kappa shape index (κ1) is 6.92. The van der Waals surface area contributed by atoms with E-state index in [4.69, 9.17) is 0 Å². The quantitative estimate of drug-likeness (QED) is 0.518. The highest BCUT2D eigenvalue weighted by Crippen LogP contribution is 2.27. The van der Waals surface area contributed by atoms with Crippen molar-refractivity contribution in [2.45, 2.75) is 6.18 Å². The Morgan fingerprint density at radius 3 is 2.33 bits per heavy atom. The molecule has 9 heavy (non-hydrogen) atoms. The zero-order chi connectivity index (χ0) is 6.91. The number of aliphatic imine (C=N–C) groups is 1. The molecule has 0 spiro atoms. The molecule has 0 unspecified atom stereocenters. The van der Waals surface area contributed by atoms with E-state index in [0.29, 0.717) is 12.3 Å². The molecule has 0 radical (unpaired) electrons. The molecule has 1 heterocycles. The van der Waals surface area contributed by atoms with Gasteiger partial charge in [-0.15, -0.1) is 11.8 Å². The van der Waals surface area contributed by atoms with Gasteiger partial charge in [0.1, 0.15) is 0 Å². The van der Waals surface area contributed by atoms with Gasteiger partial charge in [-0.25, -0.2) is 0 Å². The predicted molar refractivity (Wildman–Crippen MR) is 30.8 cm³/mol. The van der Waals surface area contributed by atoms with E-state index in [2.05, 4.69) is 4.99 Å². The highest BCUT2D eigenvalue weighted by atomic mass is 32.2. The third-order valence-corrected chi connectivity index (χ3v) is 1.85. The molecule has 0 fully saturated rings. The molecular formula is C4H4F3NS. The first-order valence-electron chi connectivity index (χ1n) is 2.35. The van der Waals surface area contributed by atoms with Gasteiger partial charge in [0.05, 0.1) is 0 Å². The number of hydrogen-bond acceptors (Lipinski definition) is 2. The van der Waals surface area contributed by atoms with Crippen molar-refractivity contribution in [1.29, 1.82) is 0 Å². The summed E-state index contributed by atoms with van der Waals surface area (Å²) in [6, 6.07) is 0. The van der Waals surface area contributed by atoms with Crippen molar-refractivity contribution >= 4 is 16.8 Å². The molecule has 1 aliphatic rings. The number of hydrogen-bond donors (Lipinski definition) is 0. The number of rotatable bonds is 0. The topological polar surface area (TPSA) is 12.4 Å². The van der Waals surface area contributed by atoms with Crippen LogP contribution in [0.2, 0.25) is 0 Å². The second-order valence-corrected chi connectivity index (χ2v) is 2.62. The van der Waals surface area contributed by atoms with Crippen molar-refractivity contribution in [2.24, 2.45) is 4.99 Å². The molecule has 52 valence electrons. The van der Waals surface area contributed by atoms with Gasteiger partial charge >= 0.3 is 6.18 Å². The Bertz CT molecular complexity index is 139. The largest absolute Gasteiger partial charge is 0.439 e. The van der Waals surface area contributed by atoms with Crippen LogP contribution in [0.1, 0.15) is 0 Å². The highest BCUT2D eigenvalue weighted by Gasteiger charge is 2.37. The van der Waals surface area contributed by atoms with E-state index in [1.54, 1.807) is 0 Å². The lowest BCUT2D eigenvalue weighted by molar-refractivity contribution is -0.0554. The Morgan fingerprint density at radius 1 is 1.44 bits per heavy atom. The zero-order valence-corrected chi connectivity index (χ0v) is 5.22. The molecule has 1 aliphatic heterocycles. The van der Waals surface area contributed by atoms with Gasteiger partial charge in [0.15, 0.2) is 5.04 Å². The Labute approximate surface area is 54.3 Å². The third kappa shape index (κ3) is 1.61. The summed E-state index contributed by atoms with van der Waals surface area (Å²) >= 11 is 0.774. The minimum Gasteiger partial charge on any atom is -0.273 e. The second-order valence-electron chi connectivity index (χ2n) is 1.53. The lowest BCUT2D eigenvalue weighted by atomic mass is 10.7. The van der Waals surface area contributed by atoms with Gasteiger partial charge in [0, 0.05) is 12.3 Å². The summed E-state index contributed by atoms with van der Waals surface area (Å²) in [5, 5.41) is -0.678. The first-order valence-corrected chi connectivity index (χ1v) is 3.34. The fourth-order valence-corrected chi connectivity index (χ4v) is 1.23. The second kappa shape index (κ2) is 2.21. The summed E-state index contributed by atoms with van der Waals surface area (Å²) in [4.78, 5) is 3.26. The predicted octanol–water partition coefficient (Wildman–Crippen LogP) is 1.69. The maximum atomic E-state index is 11.6. The van der Waals surface area contributed by atoms with Crippen LogP contribution in [0.3, 0.4) is 0 Å². The van der Waals surface area contributed by atoms with Crippen molar-refractivity contribution in [3.05, 3.63) is 0 Å². The SMILES string of the molecule is FC(F)(F)C1=NCCS1. The highest BCUT2D eigenvalue weighted by molar-refractivity contribution is 8.14. The normalized spacial score (nSPS) is 20.1. The van der Waals surface area contributed by atoms with E-state index in [9.17, 15) is 13.2 Å². The molecule has 0 bridgehead atoms. The van der Waals surface area contributed by atoms with E-state index in [1.165, 1.54) is 0 Å². The average molecular weight is 155 g/mol. The summed E-state index contributed by atoms with van der Waals surface area (Å²) in [6.45, 7) is 0.305. The van der Waals surface area contributed by atoms with Gasteiger partial charge in [-0.3, -0.25) is 4.99 Å². The van der Waals surface area contributed by atoms with Crippen molar-refractivity contribution in [3.8, 4) is 0 Å². The lowest BCUT2D eigenvalue weighted by Gasteiger charge is -2.02. The number of alkyl halides is 3. The summed E-state index contributed by atoms with van der Waals surface area (Å²) in [6.07, 6.45) is -4.21. The monoisotopic (exact) mass is 155 g/mol. The van der Waals surface area contributed by atoms with Gasteiger partial charge in [-0.2, -0.15) is 13.2 Å². The fraction of sp³-hybridized carbons (Fsp3) is 0.750. The molecule has 0 aromatic carbocycles. The number of nitrogens with zero attached hydrogens (tertiary/aromatic N) is 1. The van der Waals surface area contributed by atoms with Crippen LogP contribution in [0, 0.1) is 0 Å². The van der Waals surface area contributed by atoms with Crippen LogP contribution in [0.25, 0.3) is 0 Å². The molecule has 0 aromatic rings. The molecule has 0 saturated heterocycles. The maximum absolute atomic E-state index is 11.6. The minimum absolute atomic E-state index is 0.305. The van der Waals surface area contributed by atoms with E-state index in [0.717, 1.165) is 11.8 Å². The van der Waals surface area contributed by atoms with E-state index in [-0.39, 0.29) is 0 Å². The molecule has 0 aromatic heterocycles. The Kier molecular flexibility index (Phi) is 1.70. The Hall–Kier alpha value is -0.190. The standard InChI is InChI=1S/C4H4F3NS/c5-4(6,7)3-8-1-2-9-3/h1-2H2. The van der Waals surface area contributed by atoms with Gasteiger partial charge in [-0.05, 0) is 0 Å². The van der Waals surface area contributed by atoms with Gasteiger partial charge < -0.3 is 0 Å². The number of halogens is 3. The molecule has 0 saturated carbocycles. The average Bonchev–Trinajstić information content (AvgIpc) is 2.08. The van der Waals surface area contributed by atoms with Crippen LogP contribution < -0.4 is 0 Å². The van der Waals surface area contributed by atoms with Crippen LogP contribution in [0.4, 0.5) is 13.2 Å². The molecule has 0 aliphatic carbocycles. The van der Waals surface area contributed by atoms with Gasteiger partial charge in [0.25, 0.3) is 0 Å². The summed E-state index contributed by atoms with van der Waals surface area (Å²) in [7, 11) is 0. The number of thioether (sulfide) groups is 1. The van der Waals surface area contributed by atoms with E-state index >= 15 is 0 Å². The molecule has 1 nitrogen and oxygen atoms in total. The van der Waals surface area contributed by atoms with Crippen molar-refractivity contribution in [1.82, 2.24) is 0 Å². The molecule has 0 atom stereocenters. The minimum atomic E-state index is -4.21. The van der Waals surface area contributed by atoms with Gasteiger partial charge in [0.2, 0.25) is 0 Å². The summed E-state index contributed by atoms with van der Waals surface area (Å²) in [5.41, 5.74) is 0. The van der Waals surface area contributed by atoms with E-state index < -0.39 is 11.2 Å². The summed E-state index contributed by atoms with van der Waals surface area (Å²) < 4.78 is 34.8. The van der Waals surface area contributed by atoms with E-state index in [1.807, 2.05) is 0 Å². The molecule has 0 amide bonds. The van der Waals surface area contributed by atoms with Crippen LogP contribution >= 0.6 is 11.8 Å². The fourth-order valence-electron chi connectivity index (χ4n) is 0.507. The van der Waals surface area contributed by atoms with Crippen LogP contribution in [0.5, 0.6) is 0 Å². The Morgan fingerprint density at radius 2 is 2.11 bits per heavy atom. The van der Waals surface area contributed by atoms with Crippen LogP contribution in [-0.4, -0.2) is 23.5 Å². The van der Waals surface area contributed by atoms with Crippen molar-refractivity contribution in [2.75, 3.05) is 12.3 Å². The van der Waals surface area contributed by atoms with Crippen molar-refractivity contribution in [3.63, 3.8) is 0 Å². The third-order valence-electron chi connectivity index (χ3n) is 0.828. The van der Waals surface area contributed by atoms with Gasteiger partial charge in [-0.1, -0.05) is 0 Å².